The predicted molar refractivity (Wildman–Crippen MR) is 49.3 cm³/mol. The molecule has 4 unspecified atom stereocenters. The molecule has 74 valence electrons. The van der Waals surface area contributed by atoms with Gasteiger partial charge >= 0.3 is 0 Å². The summed E-state index contributed by atoms with van der Waals surface area (Å²) in [6.07, 6.45) is 8.10. The lowest BCUT2D eigenvalue weighted by Gasteiger charge is -2.24. The summed E-state index contributed by atoms with van der Waals surface area (Å²) in [5.41, 5.74) is 0. The van der Waals surface area contributed by atoms with E-state index < -0.39 is 0 Å². The van der Waals surface area contributed by atoms with Gasteiger partial charge < -0.3 is 9.84 Å². The molecule has 2 aliphatic heterocycles. The second kappa shape index (κ2) is 2.96. The average molecular weight is 182 g/mol. The molecule has 4 atom stereocenters. The molecule has 2 bridgehead atoms. The van der Waals surface area contributed by atoms with Gasteiger partial charge in [-0.05, 0) is 31.6 Å². The van der Waals surface area contributed by atoms with Gasteiger partial charge in [-0.1, -0.05) is 12.8 Å². The Morgan fingerprint density at radius 3 is 2.62 bits per heavy atom. The first-order chi connectivity index (χ1) is 6.33. The molecular weight excluding hydrogens is 164 g/mol. The average Bonchev–Trinajstić information content (AvgIpc) is 2.71. The van der Waals surface area contributed by atoms with E-state index in [1.54, 1.807) is 0 Å². The predicted octanol–water partition coefficient (Wildman–Crippen LogP) is 1.71. The number of hydrogen-bond acceptors (Lipinski definition) is 2. The van der Waals surface area contributed by atoms with Crippen LogP contribution in [0.25, 0.3) is 0 Å². The fourth-order valence-corrected chi connectivity index (χ4v) is 2.95. The third-order valence-electron chi connectivity index (χ3n) is 3.92. The van der Waals surface area contributed by atoms with Crippen molar-refractivity contribution >= 4 is 0 Å². The molecule has 0 radical (unpaired) electrons. The van der Waals surface area contributed by atoms with Crippen LogP contribution >= 0.6 is 0 Å². The minimum absolute atomic E-state index is 0.0669. The third kappa shape index (κ3) is 1.50. The van der Waals surface area contributed by atoms with Gasteiger partial charge in [-0.3, -0.25) is 0 Å². The van der Waals surface area contributed by atoms with Gasteiger partial charge in [-0.2, -0.15) is 0 Å². The summed E-state index contributed by atoms with van der Waals surface area (Å²) in [5, 5.41) is 10.0. The van der Waals surface area contributed by atoms with E-state index in [1.807, 2.05) is 0 Å². The van der Waals surface area contributed by atoms with E-state index in [0.29, 0.717) is 18.1 Å². The van der Waals surface area contributed by atoms with E-state index in [1.165, 1.54) is 25.7 Å². The summed E-state index contributed by atoms with van der Waals surface area (Å²) in [4.78, 5) is 0. The lowest BCUT2D eigenvalue weighted by Crippen LogP contribution is -2.29. The van der Waals surface area contributed by atoms with Crippen molar-refractivity contribution in [1.29, 1.82) is 0 Å². The first-order valence-corrected chi connectivity index (χ1v) is 5.66. The first-order valence-electron chi connectivity index (χ1n) is 5.66. The SMILES string of the molecule is OC(CC1CC1)C1CC2CCC1O2. The molecule has 3 fully saturated rings. The number of rotatable bonds is 3. The van der Waals surface area contributed by atoms with Crippen molar-refractivity contribution < 1.29 is 9.84 Å². The zero-order valence-electron chi connectivity index (χ0n) is 7.98. The first kappa shape index (κ1) is 8.25. The highest BCUT2D eigenvalue weighted by atomic mass is 16.5. The van der Waals surface area contributed by atoms with Crippen molar-refractivity contribution in [3.63, 3.8) is 0 Å². The van der Waals surface area contributed by atoms with Crippen LogP contribution in [-0.4, -0.2) is 23.4 Å². The molecule has 3 rings (SSSR count). The Morgan fingerprint density at radius 2 is 2.08 bits per heavy atom. The van der Waals surface area contributed by atoms with Gasteiger partial charge in [0.15, 0.2) is 0 Å². The Bertz CT molecular complexity index is 200. The van der Waals surface area contributed by atoms with Crippen LogP contribution in [0.2, 0.25) is 0 Å². The van der Waals surface area contributed by atoms with E-state index in [9.17, 15) is 5.11 Å². The van der Waals surface area contributed by atoms with Crippen LogP contribution in [-0.2, 0) is 4.74 Å². The van der Waals surface area contributed by atoms with Crippen LogP contribution in [0.3, 0.4) is 0 Å². The largest absolute Gasteiger partial charge is 0.393 e. The number of aliphatic hydroxyl groups excluding tert-OH is 1. The molecule has 0 aromatic carbocycles. The van der Waals surface area contributed by atoms with E-state index in [2.05, 4.69) is 0 Å². The smallest absolute Gasteiger partial charge is 0.0633 e. The molecule has 0 aromatic rings. The maximum absolute atomic E-state index is 10.0. The lowest BCUT2D eigenvalue weighted by molar-refractivity contribution is 0.0363. The highest BCUT2D eigenvalue weighted by Gasteiger charge is 2.44. The van der Waals surface area contributed by atoms with Crippen LogP contribution in [0.4, 0.5) is 0 Å². The number of hydrogen-bond donors (Lipinski definition) is 1. The quantitative estimate of drug-likeness (QED) is 0.720. The molecule has 0 amide bonds. The molecule has 0 aromatic heterocycles. The summed E-state index contributed by atoms with van der Waals surface area (Å²) in [6, 6.07) is 0. The van der Waals surface area contributed by atoms with Crippen LogP contribution < -0.4 is 0 Å². The maximum Gasteiger partial charge on any atom is 0.0633 e. The van der Waals surface area contributed by atoms with Crippen LogP contribution in [0.1, 0.15) is 38.5 Å². The molecule has 0 spiro atoms. The Kier molecular flexibility index (Phi) is 1.88. The fourth-order valence-electron chi connectivity index (χ4n) is 2.95. The molecule has 2 heteroatoms. The van der Waals surface area contributed by atoms with Gasteiger partial charge in [0, 0.05) is 5.92 Å². The molecule has 3 aliphatic rings. The lowest BCUT2D eigenvalue weighted by atomic mass is 9.83. The molecule has 1 N–H and O–H groups in total. The van der Waals surface area contributed by atoms with E-state index in [-0.39, 0.29) is 6.10 Å². The zero-order chi connectivity index (χ0) is 8.84. The molecule has 2 heterocycles. The molecule has 1 saturated carbocycles. The number of fused-ring (bicyclic) bond motifs is 2. The van der Waals surface area contributed by atoms with Crippen LogP contribution in [0.15, 0.2) is 0 Å². The molecule has 2 saturated heterocycles. The fraction of sp³-hybridized carbons (Fsp3) is 1.00. The van der Waals surface area contributed by atoms with Gasteiger partial charge in [-0.25, -0.2) is 0 Å². The Labute approximate surface area is 79.3 Å². The van der Waals surface area contributed by atoms with Gasteiger partial charge in [0.25, 0.3) is 0 Å². The van der Waals surface area contributed by atoms with Crippen molar-refractivity contribution in [3.8, 4) is 0 Å². The summed E-state index contributed by atoms with van der Waals surface area (Å²) >= 11 is 0. The number of ether oxygens (including phenoxy) is 1. The second-order valence-electron chi connectivity index (χ2n) is 5.02. The summed E-state index contributed by atoms with van der Waals surface area (Å²) in [5.74, 6) is 1.31. The Balaban J connectivity index is 1.58. The maximum atomic E-state index is 10.0. The normalized spacial score (nSPS) is 45.5. The molecular formula is C11H18O2. The summed E-state index contributed by atoms with van der Waals surface area (Å²) in [6.45, 7) is 0. The van der Waals surface area contributed by atoms with Crippen molar-refractivity contribution in [2.75, 3.05) is 0 Å². The monoisotopic (exact) mass is 182 g/mol. The standard InChI is InChI=1S/C11H18O2/c12-10(5-7-1-2-7)9-6-8-3-4-11(9)13-8/h7-12H,1-6H2. The van der Waals surface area contributed by atoms with Crippen molar-refractivity contribution in [2.24, 2.45) is 11.8 Å². The van der Waals surface area contributed by atoms with E-state index in [0.717, 1.165) is 18.8 Å². The van der Waals surface area contributed by atoms with E-state index in [4.69, 9.17) is 4.74 Å². The minimum Gasteiger partial charge on any atom is -0.393 e. The third-order valence-corrected chi connectivity index (χ3v) is 3.92. The van der Waals surface area contributed by atoms with Gasteiger partial charge in [0.2, 0.25) is 0 Å². The summed E-state index contributed by atoms with van der Waals surface area (Å²) < 4.78 is 5.75. The van der Waals surface area contributed by atoms with E-state index >= 15 is 0 Å². The van der Waals surface area contributed by atoms with Crippen molar-refractivity contribution in [1.82, 2.24) is 0 Å². The Hall–Kier alpha value is -0.0800. The van der Waals surface area contributed by atoms with Crippen molar-refractivity contribution in [3.05, 3.63) is 0 Å². The topological polar surface area (TPSA) is 29.5 Å². The summed E-state index contributed by atoms with van der Waals surface area (Å²) in [7, 11) is 0. The zero-order valence-corrected chi connectivity index (χ0v) is 7.98. The van der Waals surface area contributed by atoms with Crippen LogP contribution in [0, 0.1) is 11.8 Å². The highest BCUT2D eigenvalue weighted by Crippen LogP contribution is 2.43. The van der Waals surface area contributed by atoms with Crippen molar-refractivity contribution in [2.45, 2.75) is 56.8 Å². The van der Waals surface area contributed by atoms with Gasteiger partial charge in [0.05, 0.1) is 18.3 Å². The van der Waals surface area contributed by atoms with Gasteiger partial charge in [-0.15, -0.1) is 0 Å². The minimum atomic E-state index is -0.0669. The molecule has 2 nitrogen and oxygen atoms in total. The number of aliphatic hydroxyl groups is 1. The Morgan fingerprint density at radius 1 is 1.23 bits per heavy atom. The van der Waals surface area contributed by atoms with Gasteiger partial charge in [0.1, 0.15) is 0 Å². The molecule has 1 aliphatic carbocycles. The van der Waals surface area contributed by atoms with Crippen LogP contribution in [0.5, 0.6) is 0 Å². The molecule has 13 heavy (non-hydrogen) atoms. The second-order valence-corrected chi connectivity index (χ2v) is 5.02. The highest BCUT2D eigenvalue weighted by molar-refractivity contribution is 4.94.